The molecule has 8 nitrogen and oxygen atoms in total. The predicted octanol–water partition coefficient (Wildman–Crippen LogP) is 2.07. The van der Waals surface area contributed by atoms with Gasteiger partial charge in [0.05, 0.1) is 25.6 Å². The lowest BCUT2D eigenvalue weighted by Crippen LogP contribution is -2.52. The highest BCUT2D eigenvalue weighted by Gasteiger charge is 2.37. The molecule has 0 aliphatic rings. The third-order valence-corrected chi connectivity index (χ3v) is 4.53. The summed E-state index contributed by atoms with van der Waals surface area (Å²) < 4.78 is 9.82. The molecule has 2 rings (SSSR count). The van der Waals surface area contributed by atoms with Crippen molar-refractivity contribution < 1.29 is 28.7 Å². The zero-order valence-electron chi connectivity index (χ0n) is 17.5. The van der Waals surface area contributed by atoms with E-state index >= 15 is 0 Å². The lowest BCUT2D eigenvalue weighted by atomic mass is 9.94. The quantitative estimate of drug-likeness (QED) is 0.561. The molecule has 0 saturated heterocycles. The molecule has 8 heteroatoms. The number of amides is 2. The van der Waals surface area contributed by atoms with Crippen LogP contribution in [0.25, 0.3) is 11.1 Å². The van der Waals surface area contributed by atoms with Crippen LogP contribution in [-0.4, -0.2) is 43.0 Å². The second-order valence-electron chi connectivity index (χ2n) is 6.66. The number of carbonyl (C=O) groups excluding carboxylic acids is 4. The number of nitrogens with one attached hydrogen (secondary N) is 1. The van der Waals surface area contributed by atoms with E-state index < -0.39 is 42.1 Å². The molecule has 0 aliphatic carbocycles. The fourth-order valence-electron chi connectivity index (χ4n) is 3.03. The van der Waals surface area contributed by atoms with Gasteiger partial charge in [-0.3, -0.25) is 19.2 Å². The first-order chi connectivity index (χ1) is 14.9. The number of nitrogens with two attached hydrogens (primary N) is 1. The number of carbonyl (C=O) groups is 4. The summed E-state index contributed by atoms with van der Waals surface area (Å²) in [5.74, 6) is -4.39. The standard InChI is InChI=1S/C23H26N2O6/c1-3-30-19(26)14-18(23(29)31-4-2)20(21(24)27)25-22(28)17-12-10-16(11-13-17)15-8-6-5-7-9-15/h5-13,18,20H,3-4,14H2,1-2H3,(H2,24,27)(H,25,28)/t18-,20-/m0/s1. The Labute approximate surface area is 180 Å². The average molecular weight is 426 g/mol. The van der Waals surface area contributed by atoms with Gasteiger partial charge in [-0.1, -0.05) is 42.5 Å². The van der Waals surface area contributed by atoms with Crippen molar-refractivity contribution in [2.45, 2.75) is 26.3 Å². The van der Waals surface area contributed by atoms with E-state index in [0.29, 0.717) is 0 Å². The molecular formula is C23H26N2O6. The van der Waals surface area contributed by atoms with Crippen molar-refractivity contribution >= 4 is 23.8 Å². The van der Waals surface area contributed by atoms with Crippen LogP contribution in [0.3, 0.4) is 0 Å². The predicted molar refractivity (Wildman–Crippen MR) is 114 cm³/mol. The molecule has 0 unspecified atom stereocenters. The van der Waals surface area contributed by atoms with Crippen molar-refractivity contribution in [2.24, 2.45) is 11.7 Å². The summed E-state index contributed by atoms with van der Waals surface area (Å²) >= 11 is 0. The van der Waals surface area contributed by atoms with Crippen LogP contribution in [0.5, 0.6) is 0 Å². The largest absolute Gasteiger partial charge is 0.466 e. The fourth-order valence-corrected chi connectivity index (χ4v) is 3.03. The molecule has 0 saturated carbocycles. The van der Waals surface area contributed by atoms with E-state index in [0.717, 1.165) is 11.1 Å². The minimum atomic E-state index is -1.44. The molecule has 0 aliphatic heterocycles. The number of rotatable bonds is 10. The van der Waals surface area contributed by atoms with Crippen molar-refractivity contribution in [3.8, 4) is 11.1 Å². The van der Waals surface area contributed by atoms with Crippen LogP contribution in [0, 0.1) is 5.92 Å². The van der Waals surface area contributed by atoms with Crippen LogP contribution >= 0.6 is 0 Å². The Balaban J connectivity index is 2.20. The number of primary amides is 1. The maximum atomic E-state index is 12.7. The first-order valence-electron chi connectivity index (χ1n) is 9.95. The van der Waals surface area contributed by atoms with E-state index in [-0.39, 0.29) is 18.8 Å². The normalized spacial score (nSPS) is 12.3. The van der Waals surface area contributed by atoms with E-state index in [2.05, 4.69) is 5.32 Å². The van der Waals surface area contributed by atoms with Gasteiger partial charge in [-0.2, -0.15) is 0 Å². The van der Waals surface area contributed by atoms with Gasteiger partial charge in [0.2, 0.25) is 5.91 Å². The van der Waals surface area contributed by atoms with Gasteiger partial charge in [-0.25, -0.2) is 0 Å². The highest BCUT2D eigenvalue weighted by molar-refractivity contribution is 5.99. The lowest BCUT2D eigenvalue weighted by molar-refractivity contribution is -0.156. The summed E-state index contributed by atoms with van der Waals surface area (Å²) in [6, 6.07) is 14.9. The maximum Gasteiger partial charge on any atom is 0.312 e. The Hall–Kier alpha value is -3.68. The number of benzene rings is 2. The van der Waals surface area contributed by atoms with Crippen molar-refractivity contribution in [1.29, 1.82) is 0 Å². The summed E-state index contributed by atoms with van der Waals surface area (Å²) in [5, 5.41) is 2.46. The molecule has 2 aromatic carbocycles. The van der Waals surface area contributed by atoms with Crippen LogP contribution in [0.2, 0.25) is 0 Å². The Morgan fingerprint density at radius 2 is 1.45 bits per heavy atom. The number of ether oxygens (including phenoxy) is 2. The Morgan fingerprint density at radius 1 is 0.871 bits per heavy atom. The number of hydrogen-bond donors (Lipinski definition) is 2. The van der Waals surface area contributed by atoms with Gasteiger partial charge in [-0.05, 0) is 37.1 Å². The van der Waals surface area contributed by atoms with Gasteiger partial charge in [0.1, 0.15) is 6.04 Å². The molecule has 164 valence electrons. The first kappa shape index (κ1) is 23.6. The van der Waals surface area contributed by atoms with Crippen molar-refractivity contribution in [3.63, 3.8) is 0 Å². The molecule has 0 fully saturated rings. The van der Waals surface area contributed by atoms with Crippen LogP contribution in [0.15, 0.2) is 54.6 Å². The molecule has 2 atom stereocenters. The smallest absolute Gasteiger partial charge is 0.312 e. The Bertz CT molecular complexity index is 911. The summed E-state index contributed by atoms with van der Waals surface area (Å²) in [5.41, 5.74) is 7.60. The molecule has 2 aromatic rings. The summed E-state index contributed by atoms with van der Waals surface area (Å²) in [4.78, 5) is 49.0. The van der Waals surface area contributed by atoms with E-state index in [9.17, 15) is 19.2 Å². The Kier molecular flexibility index (Phi) is 8.75. The van der Waals surface area contributed by atoms with Crippen molar-refractivity contribution in [3.05, 3.63) is 60.2 Å². The number of esters is 2. The van der Waals surface area contributed by atoms with E-state index in [4.69, 9.17) is 15.2 Å². The second-order valence-corrected chi connectivity index (χ2v) is 6.66. The molecule has 31 heavy (non-hydrogen) atoms. The Morgan fingerprint density at radius 3 is 2.00 bits per heavy atom. The van der Waals surface area contributed by atoms with Gasteiger partial charge in [-0.15, -0.1) is 0 Å². The second kappa shape index (κ2) is 11.5. The summed E-state index contributed by atoms with van der Waals surface area (Å²) in [6.45, 7) is 3.35. The lowest BCUT2D eigenvalue weighted by Gasteiger charge is -2.23. The zero-order valence-corrected chi connectivity index (χ0v) is 17.5. The third-order valence-electron chi connectivity index (χ3n) is 4.53. The SMILES string of the molecule is CCOC(=O)C[C@H](C(=O)OCC)[C@H](NC(=O)c1ccc(-c2ccccc2)cc1)C(N)=O. The third kappa shape index (κ3) is 6.67. The monoisotopic (exact) mass is 426 g/mol. The molecule has 3 N–H and O–H groups in total. The van der Waals surface area contributed by atoms with Gasteiger partial charge < -0.3 is 20.5 Å². The van der Waals surface area contributed by atoms with Gasteiger partial charge in [0, 0.05) is 5.56 Å². The zero-order chi connectivity index (χ0) is 22.8. The molecular weight excluding hydrogens is 400 g/mol. The summed E-state index contributed by atoms with van der Waals surface area (Å²) in [6.07, 6.45) is -0.451. The van der Waals surface area contributed by atoms with Crippen molar-refractivity contribution in [1.82, 2.24) is 5.32 Å². The van der Waals surface area contributed by atoms with Crippen LogP contribution in [-0.2, 0) is 23.9 Å². The van der Waals surface area contributed by atoms with Crippen LogP contribution in [0.1, 0.15) is 30.6 Å². The minimum absolute atomic E-state index is 0.0402. The highest BCUT2D eigenvalue weighted by atomic mass is 16.5. The van der Waals surface area contributed by atoms with Gasteiger partial charge >= 0.3 is 11.9 Å². The molecule has 0 heterocycles. The van der Waals surface area contributed by atoms with Crippen LogP contribution < -0.4 is 11.1 Å². The maximum absolute atomic E-state index is 12.7. The topological polar surface area (TPSA) is 125 Å². The molecule has 0 bridgehead atoms. The summed E-state index contributed by atoms with van der Waals surface area (Å²) in [7, 11) is 0. The van der Waals surface area contributed by atoms with E-state index in [1.165, 1.54) is 0 Å². The van der Waals surface area contributed by atoms with Crippen LogP contribution in [0.4, 0.5) is 0 Å². The van der Waals surface area contributed by atoms with Crippen molar-refractivity contribution in [2.75, 3.05) is 13.2 Å². The highest BCUT2D eigenvalue weighted by Crippen LogP contribution is 2.20. The van der Waals surface area contributed by atoms with Gasteiger partial charge in [0.15, 0.2) is 0 Å². The molecule has 0 spiro atoms. The van der Waals surface area contributed by atoms with E-state index in [1.807, 2.05) is 30.3 Å². The average Bonchev–Trinajstić information content (AvgIpc) is 2.77. The molecule has 0 radical (unpaired) electrons. The minimum Gasteiger partial charge on any atom is -0.466 e. The number of hydrogen-bond acceptors (Lipinski definition) is 6. The van der Waals surface area contributed by atoms with Gasteiger partial charge in [0.25, 0.3) is 5.91 Å². The van der Waals surface area contributed by atoms with E-state index in [1.54, 1.807) is 38.1 Å². The molecule has 2 amide bonds. The fraction of sp³-hybridized carbons (Fsp3) is 0.304. The first-order valence-corrected chi connectivity index (χ1v) is 9.95. The molecule has 0 aromatic heterocycles.